The van der Waals surface area contributed by atoms with E-state index in [9.17, 15) is 0 Å². The number of nitrogens with zero attached hydrogens (tertiary/aromatic N) is 1. The van der Waals surface area contributed by atoms with Crippen molar-refractivity contribution in [3.63, 3.8) is 0 Å². The van der Waals surface area contributed by atoms with Gasteiger partial charge in [-0.25, -0.2) is 0 Å². The lowest BCUT2D eigenvalue weighted by molar-refractivity contribution is 0.499. The highest BCUT2D eigenvalue weighted by molar-refractivity contribution is 5.91. The molecule has 1 heterocycles. The second-order valence-electron chi connectivity index (χ2n) is 7.19. The van der Waals surface area contributed by atoms with Gasteiger partial charge in [-0.1, -0.05) is 53.9 Å². The molecule has 1 fully saturated rings. The molecule has 0 aromatic rings. The van der Waals surface area contributed by atoms with Crippen molar-refractivity contribution in [1.29, 1.82) is 0 Å². The monoisotopic (exact) mass is 278 g/mol. The van der Waals surface area contributed by atoms with Gasteiger partial charge in [0.1, 0.15) is 0 Å². The second-order valence-corrected chi connectivity index (χ2v) is 7.19. The fourth-order valence-corrected chi connectivity index (χ4v) is 2.97. The standard InChI is InChI=1S/C14H24N2.C4H10/c1-10(2)14-13-9-7-5-4-6-8-12(13)11(3)15-16-14;1-4(2)3/h10,13,15H,4-9H2,1-3H3;4H,1-3H3. The van der Waals surface area contributed by atoms with Gasteiger partial charge in [-0.3, -0.25) is 5.43 Å². The van der Waals surface area contributed by atoms with E-state index in [1.54, 1.807) is 5.57 Å². The van der Waals surface area contributed by atoms with Crippen LogP contribution >= 0.6 is 0 Å². The minimum absolute atomic E-state index is 0.569. The lowest BCUT2D eigenvalue weighted by Crippen LogP contribution is -2.31. The molecular formula is C18H34N2. The lowest BCUT2D eigenvalue weighted by Gasteiger charge is -2.31. The molecule has 2 aliphatic rings. The van der Waals surface area contributed by atoms with E-state index in [2.05, 4.69) is 52.1 Å². The SMILES string of the molecule is CC(C)C.CC1=C2CCCCCCC2C(C(C)C)=NN1. The first kappa shape index (κ1) is 17.3. The highest BCUT2D eigenvalue weighted by Crippen LogP contribution is 2.33. The molecule has 0 radical (unpaired) electrons. The van der Waals surface area contributed by atoms with Crippen LogP contribution in [-0.4, -0.2) is 5.71 Å². The predicted octanol–water partition coefficient (Wildman–Crippen LogP) is 5.51. The zero-order valence-electron chi connectivity index (χ0n) is 14.4. The zero-order chi connectivity index (χ0) is 15.1. The summed E-state index contributed by atoms with van der Waals surface area (Å²) in [4.78, 5) is 0. The average molecular weight is 278 g/mol. The molecule has 1 saturated carbocycles. The Morgan fingerprint density at radius 3 is 2.20 bits per heavy atom. The van der Waals surface area contributed by atoms with Crippen molar-refractivity contribution in [2.24, 2.45) is 22.9 Å². The number of nitrogens with one attached hydrogen (secondary N) is 1. The maximum Gasteiger partial charge on any atom is 0.0479 e. The molecule has 1 aliphatic heterocycles. The predicted molar refractivity (Wildman–Crippen MR) is 89.8 cm³/mol. The molecule has 1 aliphatic carbocycles. The molecule has 0 aromatic carbocycles. The summed E-state index contributed by atoms with van der Waals surface area (Å²) >= 11 is 0. The van der Waals surface area contributed by atoms with Gasteiger partial charge in [0.15, 0.2) is 0 Å². The Morgan fingerprint density at radius 1 is 1.00 bits per heavy atom. The summed E-state index contributed by atoms with van der Waals surface area (Å²) in [7, 11) is 0. The molecule has 1 N–H and O–H groups in total. The molecule has 0 amide bonds. The van der Waals surface area contributed by atoms with Crippen LogP contribution in [0.25, 0.3) is 0 Å². The van der Waals surface area contributed by atoms with Crippen molar-refractivity contribution in [3.05, 3.63) is 11.3 Å². The van der Waals surface area contributed by atoms with Gasteiger partial charge in [0.2, 0.25) is 0 Å². The van der Waals surface area contributed by atoms with E-state index in [4.69, 9.17) is 0 Å². The van der Waals surface area contributed by atoms with Crippen molar-refractivity contribution in [3.8, 4) is 0 Å². The van der Waals surface area contributed by atoms with Crippen LogP contribution in [0.1, 0.15) is 80.1 Å². The molecule has 0 bridgehead atoms. The number of hydrogen-bond donors (Lipinski definition) is 1. The van der Waals surface area contributed by atoms with E-state index in [1.807, 2.05) is 0 Å². The number of hydrogen-bond acceptors (Lipinski definition) is 2. The second kappa shape index (κ2) is 8.49. The number of rotatable bonds is 1. The van der Waals surface area contributed by atoms with E-state index < -0.39 is 0 Å². The third-order valence-electron chi connectivity index (χ3n) is 3.89. The maximum atomic E-state index is 4.58. The molecule has 2 nitrogen and oxygen atoms in total. The molecule has 0 saturated heterocycles. The molecular weight excluding hydrogens is 244 g/mol. The van der Waals surface area contributed by atoms with Gasteiger partial charge < -0.3 is 0 Å². The summed E-state index contributed by atoms with van der Waals surface area (Å²) in [6, 6.07) is 0. The van der Waals surface area contributed by atoms with Gasteiger partial charge in [0, 0.05) is 17.3 Å². The third-order valence-corrected chi connectivity index (χ3v) is 3.89. The Hall–Kier alpha value is -0.790. The van der Waals surface area contributed by atoms with Crippen molar-refractivity contribution in [2.75, 3.05) is 0 Å². The lowest BCUT2D eigenvalue weighted by atomic mass is 9.78. The van der Waals surface area contributed by atoms with Gasteiger partial charge in [0.25, 0.3) is 0 Å². The summed E-state index contributed by atoms with van der Waals surface area (Å²) < 4.78 is 0. The van der Waals surface area contributed by atoms with E-state index in [1.165, 1.54) is 49.9 Å². The average Bonchev–Trinajstić information content (AvgIpc) is 2.29. The summed E-state index contributed by atoms with van der Waals surface area (Å²) in [6.07, 6.45) is 8.11. The Kier molecular flexibility index (Phi) is 7.32. The van der Waals surface area contributed by atoms with Crippen LogP contribution in [0.2, 0.25) is 0 Å². The molecule has 116 valence electrons. The summed E-state index contributed by atoms with van der Waals surface area (Å²) in [5, 5.41) is 4.58. The van der Waals surface area contributed by atoms with Gasteiger partial charge in [-0.05, 0) is 43.6 Å². The first-order chi connectivity index (χ1) is 9.43. The Morgan fingerprint density at radius 2 is 1.60 bits per heavy atom. The molecule has 1 atom stereocenters. The molecule has 2 heteroatoms. The molecule has 20 heavy (non-hydrogen) atoms. The Balaban J connectivity index is 0.000000444. The van der Waals surface area contributed by atoms with E-state index in [-0.39, 0.29) is 0 Å². The van der Waals surface area contributed by atoms with Crippen LogP contribution < -0.4 is 5.43 Å². The van der Waals surface area contributed by atoms with E-state index in [0.29, 0.717) is 11.8 Å². The van der Waals surface area contributed by atoms with Crippen molar-refractivity contribution in [1.82, 2.24) is 5.43 Å². The van der Waals surface area contributed by atoms with Crippen molar-refractivity contribution >= 4 is 5.71 Å². The third kappa shape index (κ3) is 5.30. The van der Waals surface area contributed by atoms with Crippen molar-refractivity contribution < 1.29 is 0 Å². The summed E-state index contributed by atoms with van der Waals surface area (Å²) in [5.41, 5.74) is 7.56. The van der Waals surface area contributed by atoms with Crippen LogP contribution in [-0.2, 0) is 0 Å². The van der Waals surface area contributed by atoms with Gasteiger partial charge >= 0.3 is 0 Å². The molecule has 0 aromatic heterocycles. The van der Waals surface area contributed by atoms with Crippen LogP contribution in [0.3, 0.4) is 0 Å². The van der Waals surface area contributed by atoms with E-state index in [0.717, 1.165) is 5.92 Å². The quantitative estimate of drug-likeness (QED) is 0.672. The van der Waals surface area contributed by atoms with Crippen LogP contribution in [0.4, 0.5) is 0 Å². The van der Waals surface area contributed by atoms with Crippen LogP contribution in [0.15, 0.2) is 16.4 Å². The maximum absolute atomic E-state index is 4.58. The van der Waals surface area contributed by atoms with Crippen LogP contribution in [0.5, 0.6) is 0 Å². The topological polar surface area (TPSA) is 24.4 Å². The molecule has 2 rings (SSSR count). The minimum atomic E-state index is 0.569. The Bertz CT molecular complexity index is 348. The summed E-state index contributed by atoms with van der Waals surface area (Å²) in [6.45, 7) is 13.2. The molecule has 0 spiro atoms. The highest BCUT2D eigenvalue weighted by atomic mass is 15.3. The number of fused-ring (bicyclic) bond motifs is 1. The van der Waals surface area contributed by atoms with Crippen molar-refractivity contribution in [2.45, 2.75) is 80.1 Å². The Labute approximate surface area is 126 Å². The largest absolute Gasteiger partial charge is 0.283 e. The first-order valence-corrected chi connectivity index (χ1v) is 8.46. The fraction of sp³-hybridized carbons (Fsp3) is 0.833. The van der Waals surface area contributed by atoms with Gasteiger partial charge in [-0.15, -0.1) is 0 Å². The summed E-state index contributed by atoms with van der Waals surface area (Å²) in [5.74, 6) is 2.04. The smallest absolute Gasteiger partial charge is 0.0479 e. The normalized spacial score (nSPS) is 23.2. The van der Waals surface area contributed by atoms with Crippen LogP contribution in [0, 0.1) is 17.8 Å². The van der Waals surface area contributed by atoms with Gasteiger partial charge in [0.05, 0.1) is 0 Å². The highest BCUT2D eigenvalue weighted by Gasteiger charge is 2.28. The molecule has 1 unspecified atom stereocenters. The number of allylic oxidation sites excluding steroid dienone is 2. The van der Waals surface area contributed by atoms with E-state index >= 15 is 0 Å². The number of hydrazone groups is 1. The minimum Gasteiger partial charge on any atom is -0.283 e. The zero-order valence-corrected chi connectivity index (χ0v) is 14.4. The fourth-order valence-electron chi connectivity index (χ4n) is 2.97. The van der Waals surface area contributed by atoms with Gasteiger partial charge in [-0.2, -0.15) is 5.10 Å². The first-order valence-electron chi connectivity index (χ1n) is 8.46.